The zero-order chi connectivity index (χ0) is 19.2. The number of pyridine rings is 1. The van der Waals surface area contributed by atoms with Crippen LogP contribution in [0.25, 0.3) is 23.1 Å². The molecule has 0 saturated carbocycles. The number of rotatable bonds is 6. The van der Waals surface area contributed by atoms with Crippen LogP contribution >= 0.6 is 0 Å². The zero-order valence-corrected chi connectivity index (χ0v) is 15.7. The van der Waals surface area contributed by atoms with E-state index < -0.39 is 0 Å². The molecular formula is C25H21NO2. The fourth-order valence-electron chi connectivity index (χ4n) is 3.06. The Morgan fingerprint density at radius 3 is 2.29 bits per heavy atom. The maximum atomic E-state index is 6.08. The molecule has 0 aliphatic rings. The van der Waals surface area contributed by atoms with Gasteiger partial charge < -0.3 is 9.47 Å². The summed E-state index contributed by atoms with van der Waals surface area (Å²) < 4.78 is 11.4. The molecule has 1 aromatic heterocycles. The number of aromatic nitrogens is 1. The van der Waals surface area contributed by atoms with Gasteiger partial charge in [-0.2, -0.15) is 0 Å². The van der Waals surface area contributed by atoms with Crippen molar-refractivity contribution in [3.63, 3.8) is 0 Å². The van der Waals surface area contributed by atoms with Crippen molar-refractivity contribution in [2.45, 2.75) is 6.61 Å². The molecule has 0 aliphatic carbocycles. The first-order valence-corrected chi connectivity index (χ1v) is 9.21. The molecule has 1 heterocycles. The fraction of sp³-hybridized carbons (Fsp3) is 0.0800. The second-order valence-electron chi connectivity index (χ2n) is 6.42. The molecule has 0 N–H and O–H groups in total. The van der Waals surface area contributed by atoms with Gasteiger partial charge in [-0.05, 0) is 28.8 Å². The fourth-order valence-corrected chi connectivity index (χ4v) is 3.06. The van der Waals surface area contributed by atoms with Crippen LogP contribution in [0.2, 0.25) is 0 Å². The summed E-state index contributed by atoms with van der Waals surface area (Å²) in [6.07, 6.45) is 4.20. The third kappa shape index (κ3) is 4.04. The van der Waals surface area contributed by atoms with Gasteiger partial charge in [0.25, 0.3) is 0 Å². The van der Waals surface area contributed by atoms with Crippen molar-refractivity contribution in [2.75, 3.05) is 7.11 Å². The highest BCUT2D eigenvalue weighted by atomic mass is 16.5. The molecule has 3 nitrogen and oxygen atoms in total. The Hall–Kier alpha value is -3.59. The van der Waals surface area contributed by atoms with E-state index in [1.54, 1.807) is 7.11 Å². The molecule has 0 radical (unpaired) electrons. The summed E-state index contributed by atoms with van der Waals surface area (Å²) in [5.41, 5.74) is 4.15. The molecule has 0 unspecified atom stereocenters. The van der Waals surface area contributed by atoms with E-state index in [4.69, 9.17) is 9.47 Å². The Labute approximate surface area is 164 Å². The van der Waals surface area contributed by atoms with E-state index in [0.29, 0.717) is 12.5 Å². The summed E-state index contributed by atoms with van der Waals surface area (Å²) in [4.78, 5) is 4.64. The number of hydrogen-bond donors (Lipinski definition) is 0. The van der Waals surface area contributed by atoms with E-state index in [9.17, 15) is 0 Å². The van der Waals surface area contributed by atoms with Crippen LogP contribution in [0, 0.1) is 0 Å². The Balaban J connectivity index is 1.69. The van der Waals surface area contributed by atoms with Crippen molar-refractivity contribution < 1.29 is 9.47 Å². The maximum absolute atomic E-state index is 6.08. The van der Waals surface area contributed by atoms with E-state index >= 15 is 0 Å². The number of hydrogen-bond acceptors (Lipinski definition) is 3. The lowest BCUT2D eigenvalue weighted by atomic mass is 10.1. The maximum Gasteiger partial charge on any atom is 0.213 e. The molecule has 138 valence electrons. The van der Waals surface area contributed by atoms with E-state index in [1.165, 1.54) is 0 Å². The van der Waals surface area contributed by atoms with Gasteiger partial charge >= 0.3 is 0 Å². The SMILES string of the molecule is COc1ccc2c(C=Cc3ccccc3)ccc(OCc3ccccc3)c2n1. The highest BCUT2D eigenvalue weighted by Crippen LogP contribution is 2.30. The second-order valence-corrected chi connectivity index (χ2v) is 6.42. The normalized spacial score (nSPS) is 11.0. The van der Waals surface area contributed by atoms with Gasteiger partial charge in [0.05, 0.1) is 7.11 Å². The van der Waals surface area contributed by atoms with Crippen LogP contribution in [0.3, 0.4) is 0 Å². The molecule has 3 aromatic carbocycles. The van der Waals surface area contributed by atoms with E-state index in [2.05, 4.69) is 35.3 Å². The average Bonchev–Trinajstić information content (AvgIpc) is 2.77. The standard InChI is InChI=1S/C25H21NO2/c1-27-24-17-15-22-21(13-12-19-8-4-2-5-9-19)14-16-23(25(22)26-24)28-18-20-10-6-3-7-11-20/h2-17H,18H2,1H3. The van der Waals surface area contributed by atoms with Crippen molar-refractivity contribution in [3.8, 4) is 11.6 Å². The first-order valence-electron chi connectivity index (χ1n) is 9.21. The first-order chi connectivity index (χ1) is 13.8. The zero-order valence-electron chi connectivity index (χ0n) is 15.7. The van der Waals surface area contributed by atoms with Crippen LogP contribution in [-0.4, -0.2) is 12.1 Å². The van der Waals surface area contributed by atoms with Gasteiger partial charge in [0.1, 0.15) is 17.9 Å². The molecular weight excluding hydrogens is 346 g/mol. The van der Waals surface area contributed by atoms with E-state index in [-0.39, 0.29) is 0 Å². The molecule has 0 fully saturated rings. The lowest BCUT2D eigenvalue weighted by molar-refractivity contribution is 0.309. The van der Waals surface area contributed by atoms with Gasteiger partial charge in [0, 0.05) is 11.5 Å². The van der Waals surface area contributed by atoms with Crippen molar-refractivity contribution in [2.24, 2.45) is 0 Å². The molecule has 0 bridgehead atoms. The number of nitrogens with zero attached hydrogens (tertiary/aromatic N) is 1. The molecule has 0 amide bonds. The summed E-state index contributed by atoms with van der Waals surface area (Å²) in [7, 11) is 1.62. The lowest BCUT2D eigenvalue weighted by Gasteiger charge is -2.12. The van der Waals surface area contributed by atoms with Crippen molar-refractivity contribution >= 4 is 23.1 Å². The van der Waals surface area contributed by atoms with E-state index in [0.717, 1.165) is 33.3 Å². The summed E-state index contributed by atoms with van der Waals surface area (Å²) in [6.45, 7) is 0.494. The van der Waals surface area contributed by atoms with Crippen molar-refractivity contribution in [1.82, 2.24) is 4.98 Å². The van der Waals surface area contributed by atoms with Gasteiger partial charge in [-0.25, -0.2) is 4.98 Å². The van der Waals surface area contributed by atoms with Gasteiger partial charge in [-0.15, -0.1) is 0 Å². The number of ether oxygens (including phenoxy) is 2. The minimum Gasteiger partial charge on any atom is -0.487 e. The minimum absolute atomic E-state index is 0.494. The third-order valence-corrected chi connectivity index (χ3v) is 4.53. The average molecular weight is 367 g/mol. The number of benzene rings is 3. The smallest absolute Gasteiger partial charge is 0.213 e. The predicted octanol–water partition coefficient (Wildman–Crippen LogP) is 5.99. The van der Waals surface area contributed by atoms with Crippen LogP contribution in [0.1, 0.15) is 16.7 Å². The second kappa shape index (κ2) is 8.40. The summed E-state index contributed by atoms with van der Waals surface area (Å²) in [5, 5.41) is 1.03. The number of methoxy groups -OCH3 is 1. The Morgan fingerprint density at radius 2 is 1.54 bits per heavy atom. The summed E-state index contributed by atoms with van der Waals surface area (Å²) >= 11 is 0. The van der Waals surface area contributed by atoms with Crippen molar-refractivity contribution in [1.29, 1.82) is 0 Å². The highest BCUT2D eigenvalue weighted by molar-refractivity contribution is 5.94. The third-order valence-electron chi connectivity index (χ3n) is 4.53. The highest BCUT2D eigenvalue weighted by Gasteiger charge is 2.09. The van der Waals surface area contributed by atoms with E-state index in [1.807, 2.05) is 66.7 Å². The molecule has 4 rings (SSSR count). The van der Waals surface area contributed by atoms with Gasteiger partial charge in [0.2, 0.25) is 5.88 Å². The molecule has 0 spiro atoms. The minimum atomic E-state index is 0.494. The largest absolute Gasteiger partial charge is 0.487 e. The van der Waals surface area contributed by atoms with Crippen molar-refractivity contribution in [3.05, 3.63) is 102 Å². The topological polar surface area (TPSA) is 31.4 Å². The first kappa shape index (κ1) is 17.8. The van der Waals surface area contributed by atoms with Crippen LogP contribution in [0.4, 0.5) is 0 Å². The molecule has 0 atom stereocenters. The monoisotopic (exact) mass is 367 g/mol. The quantitative estimate of drug-likeness (QED) is 0.392. The van der Waals surface area contributed by atoms with Gasteiger partial charge in [0.15, 0.2) is 0 Å². The van der Waals surface area contributed by atoms with Crippen LogP contribution < -0.4 is 9.47 Å². The lowest BCUT2D eigenvalue weighted by Crippen LogP contribution is -1.98. The number of fused-ring (bicyclic) bond motifs is 1. The predicted molar refractivity (Wildman–Crippen MR) is 114 cm³/mol. The van der Waals surface area contributed by atoms with Crippen LogP contribution in [0.15, 0.2) is 84.9 Å². The Kier molecular flexibility index (Phi) is 5.34. The summed E-state index contributed by atoms with van der Waals surface area (Å²) in [6, 6.07) is 28.3. The van der Waals surface area contributed by atoms with Crippen LogP contribution in [-0.2, 0) is 6.61 Å². The van der Waals surface area contributed by atoms with Crippen LogP contribution in [0.5, 0.6) is 11.6 Å². The Bertz CT molecular complexity index is 1090. The van der Waals surface area contributed by atoms with Gasteiger partial charge in [-0.3, -0.25) is 0 Å². The summed E-state index contributed by atoms with van der Waals surface area (Å²) in [5.74, 6) is 1.32. The molecule has 3 heteroatoms. The molecule has 0 saturated heterocycles. The molecule has 28 heavy (non-hydrogen) atoms. The molecule has 4 aromatic rings. The molecule has 0 aliphatic heterocycles. The van der Waals surface area contributed by atoms with Gasteiger partial charge in [-0.1, -0.05) is 78.9 Å². The Morgan fingerprint density at radius 1 is 0.786 bits per heavy atom.